The maximum absolute atomic E-state index is 14.0. The second-order valence-electron chi connectivity index (χ2n) is 10.6. The number of carbonyl (C=O) groups excluding carboxylic acids is 1. The molecule has 8 heteroatoms. The fraction of sp³-hybridized carbons (Fsp3) is 0.500. The second-order valence-corrected chi connectivity index (χ2v) is 10.6. The van der Waals surface area contributed by atoms with Gasteiger partial charge in [0.05, 0.1) is 16.6 Å². The minimum Gasteiger partial charge on any atom is -0.487 e. The largest absolute Gasteiger partial charge is 0.487 e. The zero-order valence-electron chi connectivity index (χ0n) is 19.7. The van der Waals surface area contributed by atoms with Crippen LogP contribution in [-0.4, -0.2) is 40.1 Å². The zero-order valence-corrected chi connectivity index (χ0v) is 19.7. The monoisotopic (exact) mass is 469 g/mol. The molecule has 1 aromatic carbocycles. The van der Waals surface area contributed by atoms with Gasteiger partial charge in [-0.15, -0.1) is 0 Å². The molecule has 0 unspecified atom stereocenters. The summed E-state index contributed by atoms with van der Waals surface area (Å²) in [5, 5.41) is 4.98. The Labute approximate surface area is 197 Å². The van der Waals surface area contributed by atoms with E-state index in [1.54, 1.807) is 4.90 Å². The van der Waals surface area contributed by atoms with Gasteiger partial charge in [0.1, 0.15) is 11.9 Å². The third kappa shape index (κ3) is 4.76. The van der Waals surface area contributed by atoms with Gasteiger partial charge in [-0.3, -0.25) is 4.79 Å². The molecular formula is C26H29F2N3O3. The number of piperidine rings is 1. The Hall–Kier alpha value is -3.03. The molecule has 0 radical (unpaired) electrons. The molecule has 5 rings (SSSR count). The molecule has 2 aliphatic rings. The minimum atomic E-state index is -0.718. The molecular weight excluding hydrogens is 440 g/mol. The summed E-state index contributed by atoms with van der Waals surface area (Å²) in [6.07, 6.45) is 3.69. The lowest BCUT2D eigenvalue weighted by atomic mass is 9.89. The van der Waals surface area contributed by atoms with Crippen molar-refractivity contribution >= 4 is 17.0 Å². The highest BCUT2D eigenvalue weighted by molar-refractivity contribution is 6.06. The first-order valence-electron chi connectivity index (χ1n) is 11.9. The van der Waals surface area contributed by atoms with Gasteiger partial charge in [-0.05, 0) is 42.9 Å². The third-order valence-corrected chi connectivity index (χ3v) is 6.38. The van der Waals surface area contributed by atoms with Crippen molar-refractivity contribution in [3.05, 3.63) is 52.9 Å². The van der Waals surface area contributed by atoms with E-state index in [-0.39, 0.29) is 23.2 Å². The molecule has 1 saturated heterocycles. The number of rotatable bonds is 5. The van der Waals surface area contributed by atoms with Crippen molar-refractivity contribution in [3.8, 4) is 5.75 Å². The highest BCUT2D eigenvalue weighted by Gasteiger charge is 2.32. The number of fused-ring (bicyclic) bond motifs is 1. The Morgan fingerprint density at radius 1 is 1.15 bits per heavy atom. The SMILES string of the molecule is CC(C)(C)Cc1noc2nc(C3CC3)cc(C(=O)N3CCC(Oc4ccc(F)cc4F)CC3)c12. The predicted molar refractivity (Wildman–Crippen MR) is 123 cm³/mol. The smallest absolute Gasteiger partial charge is 0.259 e. The Bertz CT molecular complexity index is 1220. The summed E-state index contributed by atoms with van der Waals surface area (Å²) in [5.74, 6) is -1.02. The first-order chi connectivity index (χ1) is 16.2. The van der Waals surface area contributed by atoms with Crippen molar-refractivity contribution < 1.29 is 22.8 Å². The Kier molecular flexibility index (Phi) is 5.78. The summed E-state index contributed by atoms with van der Waals surface area (Å²) < 4.78 is 38.5. The maximum Gasteiger partial charge on any atom is 0.259 e. The average molecular weight is 470 g/mol. The van der Waals surface area contributed by atoms with Crippen LogP contribution < -0.4 is 4.74 Å². The Morgan fingerprint density at radius 3 is 2.53 bits per heavy atom. The molecule has 0 bridgehead atoms. The predicted octanol–water partition coefficient (Wildman–Crippen LogP) is 5.65. The number of pyridine rings is 1. The molecule has 0 N–H and O–H groups in total. The summed E-state index contributed by atoms with van der Waals surface area (Å²) in [4.78, 5) is 20.1. The van der Waals surface area contributed by atoms with Gasteiger partial charge in [0.25, 0.3) is 11.6 Å². The van der Waals surface area contributed by atoms with E-state index in [2.05, 4.69) is 30.9 Å². The van der Waals surface area contributed by atoms with Gasteiger partial charge in [-0.1, -0.05) is 25.9 Å². The molecule has 1 aliphatic heterocycles. The summed E-state index contributed by atoms with van der Waals surface area (Å²) in [6, 6.07) is 5.21. The van der Waals surface area contributed by atoms with Crippen LogP contribution in [0.2, 0.25) is 0 Å². The highest BCUT2D eigenvalue weighted by atomic mass is 19.1. The van der Waals surface area contributed by atoms with Gasteiger partial charge in [0.2, 0.25) is 0 Å². The molecule has 180 valence electrons. The van der Waals surface area contributed by atoms with Gasteiger partial charge in [0, 0.05) is 43.6 Å². The molecule has 1 saturated carbocycles. The highest BCUT2D eigenvalue weighted by Crippen LogP contribution is 2.41. The van der Waals surface area contributed by atoms with Crippen LogP contribution in [0.3, 0.4) is 0 Å². The van der Waals surface area contributed by atoms with E-state index in [1.165, 1.54) is 12.1 Å². The summed E-state index contributed by atoms with van der Waals surface area (Å²) >= 11 is 0. The van der Waals surface area contributed by atoms with E-state index >= 15 is 0 Å². The fourth-order valence-electron chi connectivity index (χ4n) is 4.51. The van der Waals surface area contributed by atoms with Crippen LogP contribution in [0.15, 0.2) is 28.8 Å². The molecule has 0 spiro atoms. The first-order valence-corrected chi connectivity index (χ1v) is 11.9. The van der Waals surface area contributed by atoms with Crippen LogP contribution in [0.4, 0.5) is 8.78 Å². The number of nitrogens with zero attached hydrogens (tertiary/aromatic N) is 3. The molecule has 34 heavy (non-hydrogen) atoms. The first kappa shape index (κ1) is 22.7. The number of aromatic nitrogens is 2. The van der Waals surface area contributed by atoms with Crippen LogP contribution in [-0.2, 0) is 6.42 Å². The molecule has 1 amide bonds. The number of benzene rings is 1. The minimum absolute atomic E-state index is 0.0232. The number of hydrogen-bond donors (Lipinski definition) is 0. The molecule has 3 heterocycles. The van der Waals surface area contributed by atoms with E-state index in [0.29, 0.717) is 54.9 Å². The number of likely N-dealkylation sites (tertiary alicyclic amines) is 1. The number of carbonyl (C=O) groups is 1. The Balaban J connectivity index is 1.36. The van der Waals surface area contributed by atoms with E-state index < -0.39 is 11.6 Å². The van der Waals surface area contributed by atoms with Crippen LogP contribution in [0.1, 0.15) is 74.1 Å². The van der Waals surface area contributed by atoms with Gasteiger partial charge in [-0.2, -0.15) is 0 Å². The lowest BCUT2D eigenvalue weighted by Gasteiger charge is -2.32. The molecule has 2 aromatic heterocycles. The zero-order chi connectivity index (χ0) is 24.0. The summed E-state index contributed by atoms with van der Waals surface area (Å²) in [6.45, 7) is 7.32. The van der Waals surface area contributed by atoms with Crippen molar-refractivity contribution in [2.24, 2.45) is 5.41 Å². The van der Waals surface area contributed by atoms with E-state index in [9.17, 15) is 13.6 Å². The Morgan fingerprint density at radius 2 is 1.88 bits per heavy atom. The van der Waals surface area contributed by atoms with Crippen molar-refractivity contribution in [2.75, 3.05) is 13.1 Å². The van der Waals surface area contributed by atoms with Crippen molar-refractivity contribution in [2.45, 2.75) is 64.9 Å². The van der Waals surface area contributed by atoms with E-state index in [0.717, 1.165) is 30.3 Å². The topological polar surface area (TPSA) is 68.5 Å². The fourth-order valence-corrected chi connectivity index (χ4v) is 4.51. The normalized spacial score (nSPS) is 17.4. The molecule has 1 aliphatic carbocycles. The summed E-state index contributed by atoms with van der Waals surface area (Å²) in [5.41, 5.74) is 2.64. The lowest BCUT2D eigenvalue weighted by molar-refractivity contribution is 0.0589. The molecule has 6 nitrogen and oxygen atoms in total. The van der Waals surface area contributed by atoms with Crippen molar-refractivity contribution in [1.82, 2.24) is 15.0 Å². The number of ether oxygens (including phenoxy) is 1. The number of halogens is 2. The maximum atomic E-state index is 14.0. The third-order valence-electron chi connectivity index (χ3n) is 6.38. The number of amides is 1. The van der Waals surface area contributed by atoms with Crippen LogP contribution in [0.25, 0.3) is 11.1 Å². The van der Waals surface area contributed by atoms with E-state index in [1.807, 2.05) is 6.07 Å². The van der Waals surface area contributed by atoms with Crippen LogP contribution in [0, 0.1) is 17.0 Å². The van der Waals surface area contributed by atoms with Crippen LogP contribution >= 0.6 is 0 Å². The van der Waals surface area contributed by atoms with Gasteiger partial charge >= 0.3 is 0 Å². The number of hydrogen-bond acceptors (Lipinski definition) is 5. The molecule has 0 atom stereocenters. The van der Waals surface area contributed by atoms with E-state index in [4.69, 9.17) is 9.26 Å². The van der Waals surface area contributed by atoms with Gasteiger partial charge in [0.15, 0.2) is 11.6 Å². The second kappa shape index (κ2) is 8.64. The van der Waals surface area contributed by atoms with Crippen LogP contribution in [0.5, 0.6) is 5.75 Å². The van der Waals surface area contributed by atoms with Gasteiger partial charge < -0.3 is 14.2 Å². The standard InChI is InChI=1S/C26H29F2N3O3/c1-26(2,3)14-21-23-18(13-20(15-4-5-15)29-24(23)34-30-21)25(32)31-10-8-17(9-11-31)33-22-7-6-16(27)12-19(22)28/h6-7,12-13,15,17H,4-5,8-11,14H2,1-3H3. The van der Waals surface area contributed by atoms with Gasteiger partial charge in [-0.25, -0.2) is 13.8 Å². The average Bonchev–Trinajstić information content (AvgIpc) is 3.56. The summed E-state index contributed by atoms with van der Waals surface area (Å²) in [7, 11) is 0. The quantitative estimate of drug-likeness (QED) is 0.483. The lowest BCUT2D eigenvalue weighted by Crippen LogP contribution is -2.42. The van der Waals surface area contributed by atoms with Crippen molar-refractivity contribution in [1.29, 1.82) is 0 Å². The molecule has 2 fully saturated rings. The molecule has 3 aromatic rings. The van der Waals surface area contributed by atoms with Crippen molar-refractivity contribution in [3.63, 3.8) is 0 Å².